The molecule has 5 nitrogen and oxygen atoms in total. The molecule has 0 aliphatic rings. The molecule has 2 unspecified atom stereocenters. The Morgan fingerprint density at radius 3 is 2.88 bits per heavy atom. The molecule has 0 bridgehead atoms. The van der Waals surface area contributed by atoms with E-state index in [4.69, 9.17) is 22.2 Å². The predicted octanol–water partition coefficient (Wildman–Crippen LogP) is 1.73. The first kappa shape index (κ1) is 14.4. The molecule has 3 N–H and O–H groups in total. The molecular weight excluding hydrogens is 240 g/mol. The number of ether oxygens (including phenoxy) is 1. The van der Waals surface area contributed by atoms with Gasteiger partial charge in [0.05, 0.1) is 36.1 Å². The first-order valence-electron chi connectivity index (χ1n) is 5.81. The molecule has 0 radical (unpaired) electrons. The summed E-state index contributed by atoms with van der Waals surface area (Å²) in [5, 5.41) is 4.89. The van der Waals surface area contributed by atoms with Crippen LogP contribution in [0.25, 0.3) is 0 Å². The molecule has 1 aromatic rings. The van der Waals surface area contributed by atoms with E-state index in [2.05, 4.69) is 24.4 Å². The predicted molar refractivity (Wildman–Crippen MR) is 68.6 cm³/mol. The number of hydrazine groups is 1. The number of nitrogens with two attached hydrogens (primary N) is 1. The molecule has 0 fully saturated rings. The van der Waals surface area contributed by atoms with Crippen LogP contribution in [0.3, 0.4) is 0 Å². The number of nitrogens with zero attached hydrogens (tertiary/aromatic N) is 2. The number of nitrogens with one attached hydrogen (secondary N) is 1. The molecule has 0 saturated heterocycles. The Bertz CT molecular complexity index is 342. The van der Waals surface area contributed by atoms with Gasteiger partial charge in [0, 0.05) is 7.11 Å². The number of hydrogen-bond donors (Lipinski definition) is 2. The molecular formula is C11H21ClN4O. The summed E-state index contributed by atoms with van der Waals surface area (Å²) in [7, 11) is 1.66. The lowest BCUT2D eigenvalue weighted by atomic mass is 9.97. The fraction of sp³-hybridized carbons (Fsp3) is 0.727. The van der Waals surface area contributed by atoms with Gasteiger partial charge >= 0.3 is 0 Å². The minimum absolute atomic E-state index is 0.00635. The first-order chi connectivity index (χ1) is 8.15. The third-order valence-corrected chi connectivity index (χ3v) is 3.32. The molecule has 0 aromatic carbocycles. The van der Waals surface area contributed by atoms with E-state index in [1.165, 1.54) is 0 Å². The zero-order chi connectivity index (χ0) is 12.8. The standard InChI is InChI=1S/C11H21ClN4O/c1-4-8(2)10(15-13)11-9(12)7-14-16(11)5-6-17-3/h7-8,10,15H,4-6,13H2,1-3H3. The van der Waals surface area contributed by atoms with Crippen molar-refractivity contribution in [3.05, 3.63) is 16.9 Å². The quantitative estimate of drug-likeness (QED) is 0.579. The summed E-state index contributed by atoms with van der Waals surface area (Å²) in [6, 6.07) is 0.00635. The van der Waals surface area contributed by atoms with Crippen LogP contribution in [-0.4, -0.2) is 23.5 Å². The van der Waals surface area contributed by atoms with E-state index < -0.39 is 0 Å². The zero-order valence-electron chi connectivity index (χ0n) is 10.6. The maximum Gasteiger partial charge on any atom is 0.0834 e. The summed E-state index contributed by atoms with van der Waals surface area (Å²) in [5.74, 6) is 6.01. The zero-order valence-corrected chi connectivity index (χ0v) is 11.4. The van der Waals surface area contributed by atoms with Crippen molar-refractivity contribution in [1.82, 2.24) is 15.2 Å². The lowest BCUT2D eigenvalue weighted by molar-refractivity contribution is 0.180. The second-order valence-corrected chi connectivity index (χ2v) is 4.53. The van der Waals surface area contributed by atoms with Gasteiger partial charge < -0.3 is 4.74 Å². The maximum atomic E-state index is 6.18. The summed E-state index contributed by atoms with van der Waals surface area (Å²) in [5.41, 5.74) is 3.76. The summed E-state index contributed by atoms with van der Waals surface area (Å²) < 4.78 is 6.90. The first-order valence-corrected chi connectivity index (χ1v) is 6.19. The maximum absolute atomic E-state index is 6.18. The SMILES string of the molecule is CCC(C)C(NN)c1c(Cl)cnn1CCOC. The Morgan fingerprint density at radius 2 is 2.35 bits per heavy atom. The number of hydrogen-bond acceptors (Lipinski definition) is 4. The number of aromatic nitrogens is 2. The summed E-state index contributed by atoms with van der Waals surface area (Å²) in [4.78, 5) is 0. The summed E-state index contributed by atoms with van der Waals surface area (Å²) in [6.07, 6.45) is 2.67. The number of methoxy groups -OCH3 is 1. The molecule has 6 heteroatoms. The van der Waals surface area contributed by atoms with Crippen LogP contribution >= 0.6 is 11.6 Å². The van der Waals surface area contributed by atoms with E-state index in [1.807, 2.05) is 4.68 Å². The lowest BCUT2D eigenvalue weighted by Crippen LogP contribution is -2.34. The fourth-order valence-electron chi connectivity index (χ4n) is 1.79. The Morgan fingerprint density at radius 1 is 1.65 bits per heavy atom. The molecule has 1 rings (SSSR count). The van der Waals surface area contributed by atoms with Gasteiger partial charge in [-0.1, -0.05) is 31.9 Å². The van der Waals surface area contributed by atoms with E-state index in [0.29, 0.717) is 24.1 Å². The topological polar surface area (TPSA) is 65.1 Å². The van der Waals surface area contributed by atoms with Crippen molar-refractivity contribution in [2.45, 2.75) is 32.9 Å². The Balaban J connectivity index is 2.96. The highest BCUT2D eigenvalue weighted by atomic mass is 35.5. The van der Waals surface area contributed by atoms with Crippen molar-refractivity contribution in [3.63, 3.8) is 0 Å². The minimum Gasteiger partial charge on any atom is -0.383 e. The molecule has 0 aliphatic heterocycles. The molecule has 98 valence electrons. The van der Waals surface area contributed by atoms with Crippen molar-refractivity contribution < 1.29 is 4.74 Å². The summed E-state index contributed by atoms with van der Waals surface area (Å²) >= 11 is 6.18. The summed E-state index contributed by atoms with van der Waals surface area (Å²) in [6.45, 7) is 5.53. The van der Waals surface area contributed by atoms with E-state index in [0.717, 1.165) is 12.1 Å². The fourth-order valence-corrected chi connectivity index (χ4v) is 2.04. The van der Waals surface area contributed by atoms with Crippen LogP contribution < -0.4 is 11.3 Å². The molecule has 17 heavy (non-hydrogen) atoms. The average Bonchev–Trinajstić information content (AvgIpc) is 2.69. The van der Waals surface area contributed by atoms with Gasteiger partial charge in [-0.25, -0.2) is 0 Å². The van der Waals surface area contributed by atoms with Crippen LogP contribution in [0.15, 0.2) is 6.20 Å². The van der Waals surface area contributed by atoms with Gasteiger partial charge in [0.2, 0.25) is 0 Å². The third-order valence-electron chi connectivity index (χ3n) is 3.03. The van der Waals surface area contributed by atoms with Crippen molar-refractivity contribution in [2.75, 3.05) is 13.7 Å². The molecule has 0 amide bonds. The minimum atomic E-state index is 0.00635. The highest BCUT2D eigenvalue weighted by Crippen LogP contribution is 2.29. The highest BCUT2D eigenvalue weighted by Gasteiger charge is 2.23. The second kappa shape index (κ2) is 6.96. The largest absolute Gasteiger partial charge is 0.383 e. The molecule has 0 aliphatic carbocycles. The van der Waals surface area contributed by atoms with Gasteiger partial charge in [-0.2, -0.15) is 5.10 Å². The second-order valence-electron chi connectivity index (χ2n) is 4.12. The van der Waals surface area contributed by atoms with Gasteiger partial charge in [0.1, 0.15) is 0 Å². The number of halogens is 1. The van der Waals surface area contributed by atoms with E-state index in [1.54, 1.807) is 13.3 Å². The van der Waals surface area contributed by atoms with Crippen LogP contribution in [0.2, 0.25) is 5.02 Å². The molecule has 1 heterocycles. The van der Waals surface area contributed by atoms with Gasteiger partial charge in [0.15, 0.2) is 0 Å². The van der Waals surface area contributed by atoms with E-state index in [9.17, 15) is 0 Å². The van der Waals surface area contributed by atoms with Crippen molar-refractivity contribution in [2.24, 2.45) is 11.8 Å². The van der Waals surface area contributed by atoms with Crippen molar-refractivity contribution >= 4 is 11.6 Å². The van der Waals surface area contributed by atoms with Gasteiger partial charge in [0.25, 0.3) is 0 Å². The van der Waals surface area contributed by atoms with E-state index in [-0.39, 0.29) is 6.04 Å². The van der Waals surface area contributed by atoms with Crippen LogP contribution in [0.4, 0.5) is 0 Å². The average molecular weight is 261 g/mol. The van der Waals surface area contributed by atoms with Gasteiger partial charge in [-0.15, -0.1) is 0 Å². The smallest absolute Gasteiger partial charge is 0.0834 e. The monoisotopic (exact) mass is 260 g/mol. The van der Waals surface area contributed by atoms with Crippen molar-refractivity contribution in [3.8, 4) is 0 Å². The molecule has 1 aromatic heterocycles. The van der Waals surface area contributed by atoms with Crippen molar-refractivity contribution in [1.29, 1.82) is 0 Å². The van der Waals surface area contributed by atoms with E-state index >= 15 is 0 Å². The Kier molecular flexibility index (Phi) is 5.91. The highest BCUT2D eigenvalue weighted by molar-refractivity contribution is 6.31. The van der Waals surface area contributed by atoms with Crippen LogP contribution in [0.5, 0.6) is 0 Å². The van der Waals surface area contributed by atoms with Crippen LogP contribution in [0, 0.1) is 5.92 Å². The Labute approximate surface area is 107 Å². The molecule has 0 saturated carbocycles. The normalized spacial score (nSPS) is 14.9. The lowest BCUT2D eigenvalue weighted by Gasteiger charge is -2.23. The van der Waals surface area contributed by atoms with Gasteiger partial charge in [-0.05, 0) is 5.92 Å². The third kappa shape index (κ3) is 3.42. The van der Waals surface area contributed by atoms with Crippen LogP contribution in [0.1, 0.15) is 32.0 Å². The van der Waals surface area contributed by atoms with Gasteiger partial charge in [-0.3, -0.25) is 16.0 Å². The number of rotatable bonds is 7. The van der Waals surface area contributed by atoms with Crippen LogP contribution in [-0.2, 0) is 11.3 Å². The Hall–Kier alpha value is -0.620. The molecule has 2 atom stereocenters. The molecule has 0 spiro atoms.